The fourth-order valence-electron chi connectivity index (χ4n) is 2.45. The Morgan fingerprint density at radius 1 is 1.33 bits per heavy atom. The minimum Gasteiger partial charge on any atom is -0.373 e. The van der Waals surface area contributed by atoms with Crippen LogP contribution >= 0.6 is 0 Å². The van der Waals surface area contributed by atoms with E-state index in [1.165, 1.54) is 0 Å². The van der Waals surface area contributed by atoms with Crippen molar-refractivity contribution in [2.45, 2.75) is 58.8 Å². The minimum atomic E-state index is 0.164. The zero-order valence-corrected chi connectivity index (χ0v) is 11.7. The lowest BCUT2D eigenvalue weighted by atomic mass is 10.2. The van der Waals surface area contributed by atoms with Crippen molar-refractivity contribution in [3.63, 3.8) is 0 Å². The van der Waals surface area contributed by atoms with Gasteiger partial charge in [-0.1, -0.05) is 12.1 Å². The molecule has 1 aliphatic rings. The predicted molar refractivity (Wildman–Crippen MR) is 68.3 cm³/mol. The molecular weight excluding hydrogens is 230 g/mol. The summed E-state index contributed by atoms with van der Waals surface area (Å²) in [5.41, 5.74) is 0. The van der Waals surface area contributed by atoms with E-state index in [9.17, 15) is 0 Å². The summed E-state index contributed by atoms with van der Waals surface area (Å²) in [4.78, 5) is 6.81. The number of morpholine rings is 1. The van der Waals surface area contributed by atoms with Gasteiger partial charge in [-0.15, -0.1) is 0 Å². The molecule has 0 aliphatic carbocycles. The predicted octanol–water partition coefficient (Wildman–Crippen LogP) is 2.19. The molecule has 0 amide bonds. The molecule has 102 valence electrons. The summed E-state index contributed by atoms with van der Waals surface area (Å²) in [7, 11) is 0. The van der Waals surface area contributed by atoms with E-state index in [4.69, 9.17) is 9.26 Å². The van der Waals surface area contributed by atoms with Crippen LogP contribution in [0.4, 0.5) is 0 Å². The summed E-state index contributed by atoms with van der Waals surface area (Å²) in [6, 6.07) is 0.164. The van der Waals surface area contributed by atoms with Crippen molar-refractivity contribution in [2.24, 2.45) is 0 Å². The van der Waals surface area contributed by atoms with E-state index in [2.05, 4.69) is 42.7 Å². The monoisotopic (exact) mass is 253 g/mol. The summed E-state index contributed by atoms with van der Waals surface area (Å²) in [6.45, 7) is 10.3. The Labute approximate surface area is 108 Å². The SMILES string of the molecule is CCCc1noc([C@H](C)N2C[C@H](C)O[C@@H](C)C2)n1. The summed E-state index contributed by atoms with van der Waals surface area (Å²) < 4.78 is 11.1. The quantitative estimate of drug-likeness (QED) is 0.823. The van der Waals surface area contributed by atoms with Gasteiger partial charge < -0.3 is 9.26 Å². The third-order valence-electron chi connectivity index (χ3n) is 3.31. The number of hydrogen-bond acceptors (Lipinski definition) is 5. The van der Waals surface area contributed by atoms with Crippen LogP contribution in [-0.2, 0) is 11.2 Å². The Kier molecular flexibility index (Phi) is 4.35. The van der Waals surface area contributed by atoms with E-state index in [0.29, 0.717) is 0 Å². The Morgan fingerprint density at radius 3 is 2.61 bits per heavy atom. The minimum absolute atomic E-state index is 0.164. The molecule has 0 radical (unpaired) electrons. The molecular formula is C13H23N3O2. The van der Waals surface area contributed by atoms with E-state index in [-0.39, 0.29) is 18.2 Å². The first-order valence-corrected chi connectivity index (χ1v) is 6.82. The average molecular weight is 253 g/mol. The molecule has 1 aliphatic heterocycles. The van der Waals surface area contributed by atoms with Gasteiger partial charge in [0, 0.05) is 19.5 Å². The van der Waals surface area contributed by atoms with E-state index in [0.717, 1.165) is 37.6 Å². The van der Waals surface area contributed by atoms with Gasteiger partial charge >= 0.3 is 0 Å². The molecule has 2 rings (SSSR count). The van der Waals surface area contributed by atoms with Crippen molar-refractivity contribution in [1.82, 2.24) is 15.0 Å². The molecule has 2 heterocycles. The molecule has 0 spiro atoms. The van der Waals surface area contributed by atoms with Crippen molar-refractivity contribution in [3.8, 4) is 0 Å². The fourth-order valence-corrected chi connectivity index (χ4v) is 2.45. The summed E-state index contributed by atoms with van der Waals surface area (Å²) in [5.74, 6) is 1.54. The molecule has 18 heavy (non-hydrogen) atoms. The van der Waals surface area contributed by atoms with Crippen LogP contribution in [0.5, 0.6) is 0 Å². The number of rotatable bonds is 4. The van der Waals surface area contributed by atoms with E-state index in [1.54, 1.807) is 0 Å². The summed E-state index contributed by atoms with van der Waals surface area (Å²) >= 11 is 0. The molecule has 0 bridgehead atoms. The van der Waals surface area contributed by atoms with Gasteiger partial charge in [-0.25, -0.2) is 0 Å². The van der Waals surface area contributed by atoms with Gasteiger partial charge in [0.15, 0.2) is 5.82 Å². The van der Waals surface area contributed by atoms with E-state index < -0.39 is 0 Å². The second-order valence-electron chi connectivity index (χ2n) is 5.19. The van der Waals surface area contributed by atoms with Gasteiger partial charge in [0.2, 0.25) is 5.89 Å². The molecule has 1 saturated heterocycles. The lowest BCUT2D eigenvalue weighted by molar-refractivity contribution is -0.0818. The number of aryl methyl sites for hydroxylation is 1. The van der Waals surface area contributed by atoms with Gasteiger partial charge in [-0.3, -0.25) is 4.90 Å². The molecule has 1 aromatic rings. The maximum absolute atomic E-state index is 5.74. The molecule has 0 N–H and O–H groups in total. The topological polar surface area (TPSA) is 51.4 Å². The second kappa shape index (κ2) is 5.80. The van der Waals surface area contributed by atoms with Gasteiger partial charge in [0.25, 0.3) is 0 Å². The highest BCUT2D eigenvalue weighted by Gasteiger charge is 2.29. The second-order valence-corrected chi connectivity index (χ2v) is 5.19. The Morgan fingerprint density at radius 2 is 2.00 bits per heavy atom. The summed E-state index contributed by atoms with van der Waals surface area (Å²) in [6.07, 6.45) is 2.44. The van der Waals surface area contributed by atoms with Crippen LogP contribution in [0, 0.1) is 0 Å². The number of nitrogens with zero attached hydrogens (tertiary/aromatic N) is 3. The van der Waals surface area contributed by atoms with E-state index in [1.807, 2.05) is 0 Å². The third-order valence-corrected chi connectivity index (χ3v) is 3.31. The lowest BCUT2D eigenvalue weighted by Crippen LogP contribution is -2.46. The maximum atomic E-state index is 5.74. The van der Waals surface area contributed by atoms with Crippen LogP contribution in [0.1, 0.15) is 51.9 Å². The molecule has 1 fully saturated rings. The number of aromatic nitrogens is 2. The molecule has 0 aromatic carbocycles. The van der Waals surface area contributed by atoms with Gasteiger partial charge in [-0.05, 0) is 27.2 Å². The van der Waals surface area contributed by atoms with Crippen LogP contribution in [0.15, 0.2) is 4.52 Å². The van der Waals surface area contributed by atoms with Crippen LogP contribution in [0.3, 0.4) is 0 Å². The molecule has 3 atom stereocenters. The van der Waals surface area contributed by atoms with Crippen LogP contribution < -0.4 is 0 Å². The Balaban J connectivity index is 2.02. The number of ether oxygens (including phenoxy) is 1. The van der Waals surface area contributed by atoms with Crippen molar-refractivity contribution >= 4 is 0 Å². The molecule has 5 nitrogen and oxygen atoms in total. The van der Waals surface area contributed by atoms with Gasteiger partial charge in [-0.2, -0.15) is 4.98 Å². The van der Waals surface area contributed by atoms with Crippen molar-refractivity contribution in [3.05, 3.63) is 11.7 Å². The first kappa shape index (κ1) is 13.5. The normalized spacial score (nSPS) is 27.3. The fraction of sp³-hybridized carbons (Fsp3) is 0.846. The van der Waals surface area contributed by atoms with Crippen molar-refractivity contribution in [2.75, 3.05) is 13.1 Å². The molecule has 0 saturated carbocycles. The van der Waals surface area contributed by atoms with Crippen LogP contribution in [0.25, 0.3) is 0 Å². The van der Waals surface area contributed by atoms with E-state index >= 15 is 0 Å². The zero-order valence-electron chi connectivity index (χ0n) is 11.7. The Bertz CT molecular complexity index is 370. The first-order chi connectivity index (χ1) is 8.60. The van der Waals surface area contributed by atoms with Crippen molar-refractivity contribution < 1.29 is 9.26 Å². The summed E-state index contributed by atoms with van der Waals surface area (Å²) in [5, 5.41) is 4.02. The highest BCUT2D eigenvalue weighted by molar-refractivity contribution is 4.93. The lowest BCUT2D eigenvalue weighted by Gasteiger charge is -2.37. The maximum Gasteiger partial charge on any atom is 0.243 e. The average Bonchev–Trinajstić information content (AvgIpc) is 2.76. The van der Waals surface area contributed by atoms with Crippen molar-refractivity contribution in [1.29, 1.82) is 0 Å². The zero-order chi connectivity index (χ0) is 13.1. The Hall–Kier alpha value is -0.940. The largest absolute Gasteiger partial charge is 0.373 e. The number of hydrogen-bond donors (Lipinski definition) is 0. The highest BCUT2D eigenvalue weighted by Crippen LogP contribution is 2.23. The molecule has 1 aromatic heterocycles. The molecule has 0 unspecified atom stereocenters. The van der Waals surface area contributed by atoms with Gasteiger partial charge in [0.1, 0.15) is 0 Å². The third kappa shape index (κ3) is 3.09. The first-order valence-electron chi connectivity index (χ1n) is 6.82. The van der Waals surface area contributed by atoms with Crippen LogP contribution in [-0.4, -0.2) is 40.3 Å². The van der Waals surface area contributed by atoms with Crippen LogP contribution in [0.2, 0.25) is 0 Å². The standard InChI is InChI=1S/C13H23N3O2/c1-5-6-12-14-13(18-15-12)11(4)16-7-9(2)17-10(3)8-16/h9-11H,5-8H2,1-4H3/t9-,10-,11-/m0/s1. The highest BCUT2D eigenvalue weighted by atomic mass is 16.5. The smallest absolute Gasteiger partial charge is 0.243 e. The molecule has 5 heteroatoms. The van der Waals surface area contributed by atoms with Gasteiger partial charge in [0.05, 0.1) is 18.2 Å².